The molecule has 2 unspecified atom stereocenters. The Morgan fingerprint density at radius 3 is 0.988 bits per heavy atom. The number of carboxylic acids is 1. The fourth-order valence-electron chi connectivity index (χ4n) is 10.3. The Labute approximate surface area is 514 Å². The molecule has 0 amide bonds. The van der Waals surface area contributed by atoms with Crippen LogP contribution in [0, 0.1) is 0 Å². The summed E-state index contributed by atoms with van der Waals surface area (Å²) in [5, 5.41) is 9.73. The van der Waals surface area contributed by atoms with Crippen LogP contribution in [-0.2, 0) is 33.3 Å². The molecule has 9 nitrogen and oxygen atoms in total. The number of hydrogen-bond acceptors (Lipinski definition) is 7. The van der Waals surface area contributed by atoms with Gasteiger partial charge in [0.1, 0.15) is 13.2 Å². The minimum atomic E-state index is -1.51. The highest BCUT2D eigenvalue weighted by Crippen LogP contribution is 2.18. The number of likely N-dealkylation sites (N-methyl/N-ethyl adjacent to an activating group) is 1. The molecule has 83 heavy (non-hydrogen) atoms. The van der Waals surface area contributed by atoms with Gasteiger partial charge in [0.15, 0.2) is 6.10 Å². The Bertz CT molecular complexity index is 1550. The molecule has 0 aromatic heterocycles. The van der Waals surface area contributed by atoms with Crippen LogP contribution in [0.1, 0.15) is 335 Å². The van der Waals surface area contributed by atoms with Crippen LogP contribution in [0.3, 0.4) is 0 Å². The fraction of sp³-hybridized carbons (Fsp3) is 0.824. The highest BCUT2D eigenvalue weighted by molar-refractivity contribution is 5.71. The number of quaternary nitrogens is 1. The average molecular weight is 1170 g/mol. The van der Waals surface area contributed by atoms with Crippen molar-refractivity contribution in [2.75, 3.05) is 47.5 Å². The topological polar surface area (TPSA) is 108 Å². The first-order valence-electron chi connectivity index (χ1n) is 35.5. The standard InChI is InChI=1S/C74H135NO8/c1-6-8-10-12-14-16-18-20-22-24-26-27-28-29-30-31-32-33-34-35-36-37-38-39-40-41-42-43-44-45-47-48-50-52-54-56-58-60-62-64-71(76)81-68-70(69-82-74(73(78)79)80-67-66-75(3,4)5)83-72(77)65-63-61-59-57-55-53-51-49-46-25-23-21-19-17-15-13-11-9-7-2/h15,17-18,20-21,23-24,26,46,49,70,74H,6-14,16,19,22,25,27-45,47-48,50-69H2,1-5H3/p+1/b17-15-,20-18-,23-21-,26-24-,49-46-. The Morgan fingerprint density at radius 1 is 0.361 bits per heavy atom. The summed E-state index contributed by atoms with van der Waals surface area (Å²) in [6.45, 7) is 4.86. The van der Waals surface area contributed by atoms with Crippen LogP contribution in [-0.4, -0.2) is 87.4 Å². The maximum Gasteiger partial charge on any atom is 0.361 e. The molecule has 0 bridgehead atoms. The molecule has 0 aliphatic rings. The molecule has 0 rings (SSSR count). The number of carbonyl (C=O) groups excluding carboxylic acids is 2. The van der Waals surface area contributed by atoms with Crippen molar-refractivity contribution < 1.29 is 42.9 Å². The third-order valence-electron chi connectivity index (χ3n) is 15.7. The Morgan fingerprint density at radius 2 is 0.651 bits per heavy atom. The smallest absolute Gasteiger partial charge is 0.361 e. The molecule has 0 saturated carbocycles. The summed E-state index contributed by atoms with van der Waals surface area (Å²) < 4.78 is 22.9. The van der Waals surface area contributed by atoms with E-state index in [9.17, 15) is 19.5 Å². The third kappa shape index (κ3) is 66.4. The number of nitrogens with zero attached hydrogens (tertiary/aromatic N) is 1. The minimum absolute atomic E-state index is 0.185. The lowest BCUT2D eigenvalue weighted by Crippen LogP contribution is -2.40. The van der Waals surface area contributed by atoms with Gasteiger partial charge in [-0.3, -0.25) is 9.59 Å². The molecular weight excluding hydrogens is 1030 g/mol. The van der Waals surface area contributed by atoms with Crippen molar-refractivity contribution in [1.82, 2.24) is 0 Å². The van der Waals surface area contributed by atoms with Crippen LogP contribution in [0.25, 0.3) is 0 Å². The average Bonchev–Trinajstić information content (AvgIpc) is 3.46. The SMILES string of the molecule is CCCCC/C=C\C/C=C\C/C=C\CCCCCCCCC(=O)OC(COC(=O)CCCCCCCCCCCCCCCCCCCCCCCCCCCCC/C=C\C/C=C\CCCCCCC)COC(OCC[N+](C)(C)C)C(=O)O. The number of rotatable bonds is 66. The van der Waals surface area contributed by atoms with E-state index in [1.165, 1.54) is 238 Å². The van der Waals surface area contributed by atoms with Crippen LogP contribution in [0.2, 0.25) is 0 Å². The second kappa shape index (κ2) is 65.0. The summed E-state index contributed by atoms with van der Waals surface area (Å²) in [4.78, 5) is 37.5. The summed E-state index contributed by atoms with van der Waals surface area (Å²) in [6, 6.07) is 0. The summed E-state index contributed by atoms with van der Waals surface area (Å²) in [6.07, 6.45) is 82.1. The van der Waals surface area contributed by atoms with Crippen LogP contribution >= 0.6 is 0 Å². The van der Waals surface area contributed by atoms with E-state index in [-0.39, 0.29) is 32.2 Å². The number of unbranched alkanes of at least 4 members (excludes halogenated alkanes) is 41. The second-order valence-corrected chi connectivity index (χ2v) is 25.2. The van der Waals surface area contributed by atoms with Gasteiger partial charge in [0.25, 0.3) is 6.29 Å². The van der Waals surface area contributed by atoms with E-state index < -0.39 is 24.3 Å². The molecule has 0 aliphatic heterocycles. The molecule has 0 aromatic carbocycles. The van der Waals surface area contributed by atoms with Crippen molar-refractivity contribution in [1.29, 1.82) is 0 Å². The first-order chi connectivity index (χ1) is 40.6. The molecule has 484 valence electrons. The number of carbonyl (C=O) groups is 3. The van der Waals surface area contributed by atoms with E-state index in [1.807, 2.05) is 21.1 Å². The monoisotopic (exact) mass is 1170 g/mol. The van der Waals surface area contributed by atoms with Crippen molar-refractivity contribution in [3.05, 3.63) is 60.8 Å². The van der Waals surface area contributed by atoms with E-state index in [2.05, 4.69) is 74.6 Å². The van der Waals surface area contributed by atoms with Gasteiger partial charge in [-0.25, -0.2) is 4.79 Å². The fourth-order valence-corrected chi connectivity index (χ4v) is 10.3. The molecule has 0 heterocycles. The molecule has 0 spiro atoms. The molecule has 2 atom stereocenters. The highest BCUT2D eigenvalue weighted by atomic mass is 16.7. The maximum absolute atomic E-state index is 12.9. The predicted octanol–water partition coefficient (Wildman–Crippen LogP) is 21.9. The summed E-state index contributed by atoms with van der Waals surface area (Å²) in [5.41, 5.74) is 0. The Kier molecular flexibility index (Phi) is 62.6. The molecule has 0 aliphatic carbocycles. The number of esters is 2. The predicted molar refractivity (Wildman–Crippen MR) is 355 cm³/mol. The quantitative estimate of drug-likeness (QED) is 0.0211. The number of aliphatic carboxylic acids is 1. The van der Waals surface area contributed by atoms with E-state index >= 15 is 0 Å². The van der Waals surface area contributed by atoms with Crippen LogP contribution in [0.5, 0.6) is 0 Å². The van der Waals surface area contributed by atoms with Gasteiger partial charge in [-0.2, -0.15) is 0 Å². The third-order valence-corrected chi connectivity index (χ3v) is 15.7. The van der Waals surface area contributed by atoms with Gasteiger partial charge in [-0.05, 0) is 83.5 Å². The number of carboxylic acid groups (broad SMARTS) is 1. The van der Waals surface area contributed by atoms with Gasteiger partial charge in [0, 0.05) is 12.8 Å². The van der Waals surface area contributed by atoms with E-state index in [0.717, 1.165) is 64.2 Å². The molecule has 0 aromatic rings. The summed E-state index contributed by atoms with van der Waals surface area (Å²) in [5.74, 6) is -2.01. The molecule has 9 heteroatoms. The van der Waals surface area contributed by atoms with E-state index in [0.29, 0.717) is 23.9 Å². The molecule has 0 saturated heterocycles. The molecule has 0 radical (unpaired) electrons. The molecular formula is C74H136NO8+. The van der Waals surface area contributed by atoms with Crippen molar-refractivity contribution in [3.8, 4) is 0 Å². The van der Waals surface area contributed by atoms with Gasteiger partial charge >= 0.3 is 17.9 Å². The van der Waals surface area contributed by atoms with Crippen molar-refractivity contribution in [2.45, 2.75) is 347 Å². The maximum atomic E-state index is 12.9. The van der Waals surface area contributed by atoms with Gasteiger partial charge in [0.05, 0.1) is 34.4 Å². The lowest BCUT2D eigenvalue weighted by molar-refractivity contribution is -0.870. The lowest BCUT2D eigenvalue weighted by Gasteiger charge is -2.25. The van der Waals surface area contributed by atoms with Crippen molar-refractivity contribution >= 4 is 17.9 Å². The second-order valence-electron chi connectivity index (χ2n) is 25.2. The zero-order valence-electron chi connectivity index (χ0n) is 55.4. The lowest BCUT2D eigenvalue weighted by atomic mass is 10.0. The minimum Gasteiger partial charge on any atom is -0.477 e. The van der Waals surface area contributed by atoms with E-state index in [1.54, 1.807) is 0 Å². The van der Waals surface area contributed by atoms with Crippen molar-refractivity contribution in [3.63, 3.8) is 0 Å². The first-order valence-corrected chi connectivity index (χ1v) is 35.5. The Hall–Kier alpha value is -3.01. The first kappa shape index (κ1) is 80.0. The summed E-state index contributed by atoms with van der Waals surface area (Å²) >= 11 is 0. The van der Waals surface area contributed by atoms with Gasteiger partial charge in [-0.15, -0.1) is 0 Å². The van der Waals surface area contributed by atoms with Crippen LogP contribution < -0.4 is 0 Å². The number of ether oxygens (including phenoxy) is 4. The normalized spacial score (nSPS) is 13.0. The zero-order valence-corrected chi connectivity index (χ0v) is 55.4. The number of hydrogen-bond donors (Lipinski definition) is 1. The number of allylic oxidation sites excluding steroid dienone is 10. The Balaban J connectivity index is 3.97. The molecule has 0 fully saturated rings. The van der Waals surface area contributed by atoms with Crippen LogP contribution in [0.4, 0.5) is 0 Å². The van der Waals surface area contributed by atoms with Gasteiger partial charge in [0.2, 0.25) is 0 Å². The zero-order chi connectivity index (χ0) is 60.5. The largest absolute Gasteiger partial charge is 0.477 e. The van der Waals surface area contributed by atoms with E-state index in [4.69, 9.17) is 18.9 Å². The van der Waals surface area contributed by atoms with Crippen molar-refractivity contribution in [2.24, 2.45) is 0 Å². The van der Waals surface area contributed by atoms with Gasteiger partial charge in [-0.1, -0.05) is 299 Å². The molecule has 1 N–H and O–H groups in total. The summed E-state index contributed by atoms with van der Waals surface area (Å²) in [7, 11) is 5.98. The van der Waals surface area contributed by atoms with Gasteiger partial charge < -0.3 is 28.5 Å². The highest BCUT2D eigenvalue weighted by Gasteiger charge is 2.25. The van der Waals surface area contributed by atoms with Crippen LogP contribution in [0.15, 0.2) is 60.8 Å².